The molecule has 0 amide bonds. The van der Waals surface area contributed by atoms with Gasteiger partial charge in [0.2, 0.25) is 0 Å². The number of rotatable bonds is 3. The molecule has 1 aromatic heterocycles. The van der Waals surface area contributed by atoms with E-state index in [1.54, 1.807) is 0 Å². The van der Waals surface area contributed by atoms with Crippen molar-refractivity contribution in [3.8, 4) is 0 Å². The number of ether oxygens (including phenoxy) is 1. The predicted octanol–water partition coefficient (Wildman–Crippen LogP) is 4.10. The van der Waals surface area contributed by atoms with Gasteiger partial charge in [0.1, 0.15) is 0 Å². The van der Waals surface area contributed by atoms with Gasteiger partial charge in [-0.1, -0.05) is 24.3 Å². The van der Waals surface area contributed by atoms with Gasteiger partial charge >= 0.3 is 5.97 Å². The molecular weight excluding hydrogens is 336 g/mol. The Labute approximate surface area is 153 Å². The Morgan fingerprint density at radius 2 is 1.92 bits per heavy atom. The average molecular weight is 359 g/mol. The molecular formula is C20H23ClN2O2. The zero-order valence-electron chi connectivity index (χ0n) is 14.6. The zero-order chi connectivity index (χ0) is 16.7. The maximum absolute atomic E-state index is 11.9. The summed E-state index contributed by atoms with van der Waals surface area (Å²) in [6, 6.07) is 14.9. The number of carbonyl (C=O) groups excluding carboxylic acids is 1. The van der Waals surface area contributed by atoms with Crippen LogP contribution >= 0.6 is 12.4 Å². The van der Waals surface area contributed by atoms with Crippen molar-refractivity contribution in [1.29, 1.82) is 0 Å². The first-order valence-electron chi connectivity index (χ1n) is 8.48. The number of likely N-dealkylation sites (tertiary alicyclic amines) is 1. The molecule has 5 heteroatoms. The van der Waals surface area contributed by atoms with E-state index in [9.17, 15) is 4.79 Å². The number of hydrogen-bond donors (Lipinski definition) is 0. The largest absolute Gasteiger partial charge is 0.465 e. The lowest BCUT2D eigenvalue weighted by Gasteiger charge is -2.21. The maximum atomic E-state index is 11.9. The van der Waals surface area contributed by atoms with E-state index in [2.05, 4.69) is 40.8 Å². The van der Waals surface area contributed by atoms with E-state index in [0.717, 1.165) is 18.6 Å². The number of likely N-dealkylation sites (N-methyl/N-ethyl adjacent to an activating group) is 1. The van der Waals surface area contributed by atoms with Crippen LogP contribution in [0.4, 0.5) is 0 Å². The Morgan fingerprint density at radius 1 is 1.16 bits per heavy atom. The van der Waals surface area contributed by atoms with Crippen molar-refractivity contribution in [3.63, 3.8) is 0 Å². The second-order valence-corrected chi connectivity index (χ2v) is 6.63. The minimum atomic E-state index is -0.285. The molecule has 0 aliphatic carbocycles. The summed E-state index contributed by atoms with van der Waals surface area (Å²) >= 11 is 0. The van der Waals surface area contributed by atoms with Gasteiger partial charge < -0.3 is 14.2 Å². The molecule has 2 aromatic carbocycles. The molecule has 1 atom stereocenters. The van der Waals surface area contributed by atoms with Gasteiger partial charge in [0.15, 0.2) is 0 Å². The average Bonchev–Trinajstić information content (AvgIpc) is 3.16. The number of carbonyl (C=O) groups is 1. The first-order chi connectivity index (χ1) is 11.7. The summed E-state index contributed by atoms with van der Waals surface area (Å²) in [7, 11) is 3.63. The third kappa shape index (κ3) is 3.00. The van der Waals surface area contributed by atoms with E-state index in [1.807, 2.05) is 18.2 Å². The van der Waals surface area contributed by atoms with Crippen LogP contribution < -0.4 is 0 Å². The number of esters is 1. The van der Waals surface area contributed by atoms with E-state index in [4.69, 9.17) is 4.74 Å². The molecule has 0 unspecified atom stereocenters. The second kappa shape index (κ2) is 7.06. The van der Waals surface area contributed by atoms with Crippen LogP contribution in [-0.4, -0.2) is 42.2 Å². The Morgan fingerprint density at radius 3 is 2.64 bits per heavy atom. The number of fused-ring (bicyclic) bond motifs is 3. The number of benzene rings is 2. The predicted molar refractivity (Wildman–Crippen MR) is 104 cm³/mol. The molecule has 0 N–H and O–H groups in total. The normalized spacial score (nSPS) is 17.8. The van der Waals surface area contributed by atoms with Crippen LogP contribution in [0.2, 0.25) is 0 Å². The molecule has 1 aliphatic rings. The molecule has 1 saturated heterocycles. The minimum absolute atomic E-state index is 0. The van der Waals surface area contributed by atoms with Crippen molar-refractivity contribution < 1.29 is 9.53 Å². The lowest BCUT2D eigenvalue weighted by molar-refractivity contribution is 0.0601. The van der Waals surface area contributed by atoms with Gasteiger partial charge in [0.05, 0.1) is 18.2 Å². The monoisotopic (exact) mass is 358 g/mol. The van der Waals surface area contributed by atoms with Crippen LogP contribution in [0.1, 0.15) is 23.2 Å². The van der Waals surface area contributed by atoms with Crippen LogP contribution in [0.3, 0.4) is 0 Å². The minimum Gasteiger partial charge on any atom is -0.465 e. The number of hydrogen-bond acceptors (Lipinski definition) is 3. The quantitative estimate of drug-likeness (QED) is 0.661. The van der Waals surface area contributed by atoms with Crippen LogP contribution in [0, 0.1) is 0 Å². The van der Waals surface area contributed by atoms with Crippen LogP contribution in [-0.2, 0) is 11.3 Å². The van der Waals surface area contributed by atoms with Crippen LogP contribution in [0.25, 0.3) is 21.8 Å². The molecule has 1 fully saturated rings. The van der Waals surface area contributed by atoms with E-state index < -0.39 is 0 Å². The molecule has 3 aromatic rings. The summed E-state index contributed by atoms with van der Waals surface area (Å²) in [5.41, 5.74) is 2.95. The fourth-order valence-corrected chi connectivity index (χ4v) is 3.91. The van der Waals surface area contributed by atoms with Gasteiger partial charge in [0.25, 0.3) is 0 Å². The van der Waals surface area contributed by atoms with Gasteiger partial charge in [0, 0.05) is 28.9 Å². The van der Waals surface area contributed by atoms with Crippen LogP contribution in [0.5, 0.6) is 0 Å². The number of aromatic nitrogens is 1. The highest BCUT2D eigenvalue weighted by molar-refractivity contribution is 6.09. The molecule has 4 nitrogen and oxygen atoms in total. The third-order valence-corrected chi connectivity index (χ3v) is 5.26. The smallest absolute Gasteiger partial charge is 0.337 e. The molecule has 0 saturated carbocycles. The van der Waals surface area contributed by atoms with Crippen molar-refractivity contribution in [3.05, 3.63) is 48.0 Å². The van der Waals surface area contributed by atoms with Crippen molar-refractivity contribution in [2.75, 3.05) is 20.7 Å². The summed E-state index contributed by atoms with van der Waals surface area (Å²) in [6.45, 7) is 2.11. The standard InChI is InChI=1S/C20H22N2O2.ClH/c1-21-11-5-6-15(21)13-22-18-8-4-3-7-16(18)17-10-9-14(12-19(17)22)20(23)24-2;/h3-4,7-10,12,15H,5-6,11,13H2,1-2H3;1H/t15-;/m0./s1. The fourth-order valence-electron chi connectivity index (χ4n) is 3.91. The van der Waals surface area contributed by atoms with Crippen molar-refractivity contribution >= 4 is 40.2 Å². The molecule has 132 valence electrons. The Balaban J connectivity index is 0.00000182. The van der Waals surface area contributed by atoms with Crippen molar-refractivity contribution in [2.24, 2.45) is 0 Å². The summed E-state index contributed by atoms with van der Waals surface area (Å²) in [4.78, 5) is 14.4. The van der Waals surface area contributed by atoms with E-state index in [0.29, 0.717) is 11.6 Å². The lowest BCUT2D eigenvalue weighted by Crippen LogP contribution is -2.29. The molecule has 4 rings (SSSR count). The van der Waals surface area contributed by atoms with Gasteiger partial charge in [-0.05, 0) is 44.6 Å². The zero-order valence-corrected chi connectivity index (χ0v) is 15.4. The van der Waals surface area contributed by atoms with E-state index in [1.165, 1.54) is 36.2 Å². The first-order valence-corrected chi connectivity index (χ1v) is 8.48. The highest BCUT2D eigenvalue weighted by Gasteiger charge is 2.23. The number of halogens is 1. The molecule has 0 spiro atoms. The Bertz CT molecular complexity index is 919. The molecule has 0 bridgehead atoms. The topological polar surface area (TPSA) is 34.5 Å². The summed E-state index contributed by atoms with van der Waals surface area (Å²) in [6.07, 6.45) is 2.48. The summed E-state index contributed by atoms with van der Waals surface area (Å²) in [5.74, 6) is -0.285. The van der Waals surface area contributed by atoms with Crippen LogP contribution in [0.15, 0.2) is 42.5 Å². The fraction of sp³-hybridized carbons (Fsp3) is 0.350. The van der Waals surface area contributed by atoms with Gasteiger partial charge in [-0.3, -0.25) is 0 Å². The maximum Gasteiger partial charge on any atom is 0.337 e. The molecule has 0 radical (unpaired) electrons. The van der Waals surface area contributed by atoms with Gasteiger partial charge in [-0.2, -0.15) is 0 Å². The van der Waals surface area contributed by atoms with Gasteiger partial charge in [-0.15, -0.1) is 12.4 Å². The first kappa shape index (κ1) is 17.8. The van der Waals surface area contributed by atoms with Crippen molar-refractivity contribution in [1.82, 2.24) is 9.47 Å². The summed E-state index contributed by atoms with van der Waals surface area (Å²) < 4.78 is 7.26. The number of nitrogens with zero attached hydrogens (tertiary/aromatic N) is 2. The summed E-state index contributed by atoms with van der Waals surface area (Å²) in [5, 5.41) is 2.43. The molecule has 25 heavy (non-hydrogen) atoms. The highest BCUT2D eigenvalue weighted by Crippen LogP contribution is 2.31. The lowest BCUT2D eigenvalue weighted by atomic mass is 10.1. The number of methoxy groups -OCH3 is 1. The van der Waals surface area contributed by atoms with Gasteiger partial charge in [-0.25, -0.2) is 4.79 Å². The Kier molecular flexibility index (Phi) is 5.02. The Hall–Kier alpha value is -2.04. The molecule has 2 heterocycles. The SMILES string of the molecule is COC(=O)c1ccc2c3ccccc3n(C[C@@H]3CCCN3C)c2c1.Cl. The third-order valence-electron chi connectivity index (χ3n) is 5.26. The second-order valence-electron chi connectivity index (χ2n) is 6.63. The van der Waals surface area contributed by atoms with Crippen molar-refractivity contribution in [2.45, 2.75) is 25.4 Å². The van der Waals surface area contributed by atoms with E-state index >= 15 is 0 Å². The number of para-hydroxylation sites is 1. The molecule has 1 aliphatic heterocycles. The highest BCUT2D eigenvalue weighted by atomic mass is 35.5. The van der Waals surface area contributed by atoms with E-state index in [-0.39, 0.29) is 18.4 Å².